The zero-order chi connectivity index (χ0) is 26.1. The number of anilines is 2. The summed E-state index contributed by atoms with van der Waals surface area (Å²) in [6, 6.07) is 12.7. The first kappa shape index (κ1) is 25.2. The molecule has 3 heterocycles. The van der Waals surface area contributed by atoms with Crippen molar-refractivity contribution >= 4 is 11.4 Å². The Morgan fingerprint density at radius 2 is 1.74 bits per heavy atom. The monoisotopic (exact) mass is 522 g/mol. The van der Waals surface area contributed by atoms with Crippen molar-refractivity contribution in [3.8, 4) is 0 Å². The molecule has 2 aliphatic heterocycles. The zero-order valence-corrected chi connectivity index (χ0v) is 21.6. The number of benzene rings is 2. The summed E-state index contributed by atoms with van der Waals surface area (Å²) < 4.78 is 28.4. The van der Waals surface area contributed by atoms with Crippen LogP contribution in [0.2, 0.25) is 0 Å². The van der Waals surface area contributed by atoms with E-state index in [1.807, 2.05) is 0 Å². The Kier molecular flexibility index (Phi) is 7.05. The van der Waals surface area contributed by atoms with Gasteiger partial charge in [0.05, 0.1) is 0 Å². The highest BCUT2D eigenvalue weighted by Gasteiger charge is 2.44. The van der Waals surface area contributed by atoms with Crippen molar-refractivity contribution in [1.29, 1.82) is 0 Å². The molecule has 7 nitrogen and oxygen atoms in total. The summed E-state index contributed by atoms with van der Waals surface area (Å²) in [6.07, 6.45) is 7.46. The van der Waals surface area contributed by atoms with E-state index in [0.717, 1.165) is 45.1 Å². The highest BCUT2D eigenvalue weighted by Crippen LogP contribution is 2.41. The standard InChI is InChI=1S/C29H36F2N6O/c30-22-4-9-26(27(31)14-22)29(38,15-28-32-19-33-35-28)18-36-16-20-12-24(13-21(20)17-36)34-23-5-7-25(8-6-23)37-10-2-1-3-11-37/h4-9,14,19-21,24,34,38H,1-3,10-13,15-18H2,(H,32,33,35)/t20-,21+,24?,29?. The highest BCUT2D eigenvalue weighted by atomic mass is 19.1. The number of rotatable bonds is 8. The van der Waals surface area contributed by atoms with Gasteiger partial charge in [-0.2, -0.15) is 5.10 Å². The molecule has 1 aliphatic carbocycles. The Morgan fingerprint density at radius 1 is 1.00 bits per heavy atom. The molecule has 2 aromatic carbocycles. The number of nitrogens with one attached hydrogen (secondary N) is 2. The van der Waals surface area contributed by atoms with E-state index in [1.54, 1.807) is 0 Å². The summed E-state index contributed by atoms with van der Waals surface area (Å²) in [6.45, 7) is 4.24. The van der Waals surface area contributed by atoms with Crippen LogP contribution in [0.25, 0.3) is 0 Å². The molecule has 3 aromatic rings. The van der Waals surface area contributed by atoms with Crippen molar-refractivity contribution in [2.24, 2.45) is 11.8 Å². The van der Waals surface area contributed by atoms with Gasteiger partial charge in [0.1, 0.15) is 29.4 Å². The van der Waals surface area contributed by atoms with Crippen molar-refractivity contribution in [3.05, 3.63) is 71.8 Å². The van der Waals surface area contributed by atoms with Gasteiger partial charge >= 0.3 is 0 Å². The van der Waals surface area contributed by atoms with Crippen LogP contribution in [-0.4, -0.2) is 64.0 Å². The van der Waals surface area contributed by atoms with E-state index < -0.39 is 17.2 Å². The van der Waals surface area contributed by atoms with E-state index in [-0.39, 0.29) is 18.5 Å². The molecule has 3 aliphatic rings. The summed E-state index contributed by atoms with van der Waals surface area (Å²) in [7, 11) is 0. The van der Waals surface area contributed by atoms with E-state index in [2.05, 4.69) is 54.6 Å². The first-order valence-corrected chi connectivity index (χ1v) is 13.8. The van der Waals surface area contributed by atoms with Gasteiger partial charge in [-0.05, 0) is 74.3 Å². The first-order chi connectivity index (χ1) is 18.4. The Hall–Kier alpha value is -3.04. The fourth-order valence-corrected chi connectivity index (χ4v) is 6.87. The van der Waals surface area contributed by atoms with E-state index in [9.17, 15) is 13.9 Å². The highest BCUT2D eigenvalue weighted by molar-refractivity contribution is 5.55. The van der Waals surface area contributed by atoms with Crippen LogP contribution in [-0.2, 0) is 12.0 Å². The number of piperidine rings is 1. The molecule has 0 spiro atoms. The van der Waals surface area contributed by atoms with Gasteiger partial charge < -0.3 is 15.3 Å². The Labute approximate surface area is 222 Å². The number of β-amino-alcohol motifs (C(OH)–C–C–N with tert-alkyl or cyclic N) is 1. The van der Waals surface area contributed by atoms with Crippen LogP contribution >= 0.6 is 0 Å². The third-order valence-corrected chi connectivity index (χ3v) is 8.63. The summed E-state index contributed by atoms with van der Waals surface area (Å²) in [5, 5.41) is 22.1. The SMILES string of the molecule is OC(Cc1ncn[nH]1)(CN1C[C@H]2CC(Nc3ccc(N4CCCCC4)cc3)C[C@H]2C1)c1ccc(F)cc1F. The molecule has 38 heavy (non-hydrogen) atoms. The number of aliphatic hydroxyl groups is 1. The van der Waals surface area contributed by atoms with Crippen molar-refractivity contribution in [3.63, 3.8) is 0 Å². The van der Waals surface area contributed by atoms with Crippen molar-refractivity contribution in [1.82, 2.24) is 20.1 Å². The number of halogens is 2. The van der Waals surface area contributed by atoms with Gasteiger partial charge in [0.15, 0.2) is 0 Å². The van der Waals surface area contributed by atoms with E-state index in [1.165, 1.54) is 49.1 Å². The second-order valence-electron chi connectivity index (χ2n) is 11.4. The largest absolute Gasteiger partial charge is 0.383 e. The molecule has 3 N–H and O–H groups in total. The minimum Gasteiger partial charge on any atom is -0.383 e. The summed E-state index contributed by atoms with van der Waals surface area (Å²) in [4.78, 5) is 8.83. The lowest BCUT2D eigenvalue weighted by atomic mass is 9.88. The van der Waals surface area contributed by atoms with Crippen LogP contribution in [0.1, 0.15) is 43.5 Å². The third-order valence-electron chi connectivity index (χ3n) is 8.63. The minimum atomic E-state index is -1.55. The van der Waals surface area contributed by atoms with Gasteiger partial charge in [-0.15, -0.1) is 0 Å². The molecular weight excluding hydrogens is 486 g/mol. The average Bonchev–Trinajstić information content (AvgIpc) is 3.62. The number of H-pyrrole nitrogens is 1. The third kappa shape index (κ3) is 5.40. The molecule has 4 atom stereocenters. The molecule has 1 aromatic heterocycles. The second kappa shape index (κ2) is 10.6. The zero-order valence-electron chi connectivity index (χ0n) is 21.6. The fraction of sp³-hybridized carbons (Fsp3) is 0.517. The van der Waals surface area contributed by atoms with Crippen LogP contribution in [0.3, 0.4) is 0 Å². The van der Waals surface area contributed by atoms with Crippen LogP contribution < -0.4 is 10.2 Å². The number of hydrogen-bond acceptors (Lipinski definition) is 6. The smallest absolute Gasteiger partial charge is 0.137 e. The fourth-order valence-electron chi connectivity index (χ4n) is 6.87. The van der Waals surface area contributed by atoms with Gasteiger partial charge in [0, 0.05) is 68.2 Å². The Bertz CT molecular complexity index is 1200. The minimum absolute atomic E-state index is 0.0684. The molecule has 3 fully saturated rings. The molecule has 9 heteroatoms. The maximum absolute atomic E-state index is 14.8. The van der Waals surface area contributed by atoms with Gasteiger partial charge in [-0.1, -0.05) is 6.07 Å². The Balaban J connectivity index is 1.07. The molecule has 2 unspecified atom stereocenters. The molecule has 1 saturated carbocycles. The predicted molar refractivity (Wildman–Crippen MR) is 143 cm³/mol. The van der Waals surface area contributed by atoms with Gasteiger partial charge in [0.2, 0.25) is 0 Å². The number of likely N-dealkylation sites (tertiary alicyclic amines) is 1. The number of aromatic amines is 1. The summed E-state index contributed by atoms with van der Waals surface area (Å²) >= 11 is 0. The summed E-state index contributed by atoms with van der Waals surface area (Å²) in [5.41, 5.74) is 1.01. The van der Waals surface area contributed by atoms with E-state index in [4.69, 9.17) is 0 Å². The molecular formula is C29H36F2N6O. The molecule has 6 rings (SSSR count). The number of nitrogens with zero attached hydrogens (tertiary/aromatic N) is 4. The molecule has 0 amide bonds. The van der Waals surface area contributed by atoms with Crippen molar-refractivity contribution in [2.45, 2.75) is 50.2 Å². The quantitative estimate of drug-likeness (QED) is 0.409. The van der Waals surface area contributed by atoms with Gasteiger partial charge in [-0.3, -0.25) is 10.00 Å². The number of aromatic nitrogens is 3. The van der Waals surface area contributed by atoms with Crippen LogP contribution in [0.4, 0.5) is 20.2 Å². The molecule has 0 bridgehead atoms. The topological polar surface area (TPSA) is 80.3 Å². The van der Waals surface area contributed by atoms with Crippen LogP contribution in [0.5, 0.6) is 0 Å². The summed E-state index contributed by atoms with van der Waals surface area (Å²) in [5.74, 6) is 0.0947. The lowest BCUT2D eigenvalue weighted by Gasteiger charge is -2.33. The lowest BCUT2D eigenvalue weighted by Crippen LogP contribution is -2.43. The van der Waals surface area contributed by atoms with Crippen molar-refractivity contribution in [2.75, 3.05) is 42.9 Å². The molecule has 0 radical (unpaired) electrons. The molecule has 2 saturated heterocycles. The normalized spacial score (nSPS) is 25.3. The van der Waals surface area contributed by atoms with E-state index >= 15 is 0 Å². The maximum Gasteiger partial charge on any atom is 0.137 e. The maximum atomic E-state index is 14.8. The Morgan fingerprint density at radius 3 is 2.39 bits per heavy atom. The van der Waals surface area contributed by atoms with Crippen LogP contribution in [0, 0.1) is 23.5 Å². The molecule has 202 valence electrons. The predicted octanol–water partition coefficient (Wildman–Crippen LogP) is 4.33. The second-order valence-corrected chi connectivity index (χ2v) is 11.4. The van der Waals surface area contributed by atoms with Gasteiger partial charge in [-0.25, -0.2) is 13.8 Å². The van der Waals surface area contributed by atoms with Crippen molar-refractivity contribution < 1.29 is 13.9 Å². The average molecular weight is 523 g/mol. The number of hydrogen-bond donors (Lipinski definition) is 3. The van der Waals surface area contributed by atoms with Crippen LogP contribution in [0.15, 0.2) is 48.8 Å². The van der Waals surface area contributed by atoms with Gasteiger partial charge in [0.25, 0.3) is 0 Å². The number of fused-ring (bicyclic) bond motifs is 1. The first-order valence-electron chi connectivity index (χ1n) is 13.8. The van der Waals surface area contributed by atoms with E-state index in [0.29, 0.717) is 23.7 Å². The lowest BCUT2D eigenvalue weighted by molar-refractivity contribution is -0.00148.